The van der Waals surface area contributed by atoms with Crippen molar-refractivity contribution in [3.63, 3.8) is 0 Å². The van der Waals surface area contributed by atoms with E-state index in [1.807, 2.05) is 0 Å². The van der Waals surface area contributed by atoms with Crippen molar-refractivity contribution in [3.05, 3.63) is 77.8 Å². The molecule has 2 atom stereocenters. The van der Waals surface area contributed by atoms with E-state index in [0.29, 0.717) is 5.56 Å². The highest BCUT2D eigenvalue weighted by Gasteiger charge is 2.38. The molecule has 0 aromatic heterocycles. The molecule has 1 saturated heterocycles. The summed E-state index contributed by atoms with van der Waals surface area (Å²) < 4.78 is 53.3. The topological polar surface area (TPSA) is 53.2 Å². The van der Waals surface area contributed by atoms with Gasteiger partial charge in [-0.05, 0) is 42.0 Å². The molecule has 2 aromatic carbocycles. The van der Waals surface area contributed by atoms with Gasteiger partial charge < -0.3 is 16.0 Å². The molecule has 0 bridgehead atoms. The number of amides is 1. The minimum atomic E-state index is -4.63. The first kappa shape index (κ1) is 19.8. The van der Waals surface area contributed by atoms with Gasteiger partial charge in [0.25, 0.3) is 0 Å². The maximum Gasteiger partial charge on any atom is 0.418 e. The molecule has 28 heavy (non-hydrogen) atoms. The minimum Gasteiger partial charge on any atom is -0.354 e. The summed E-state index contributed by atoms with van der Waals surface area (Å²) in [6.45, 7) is 3.76. The van der Waals surface area contributed by atoms with Gasteiger partial charge in [0, 0.05) is 5.70 Å². The van der Waals surface area contributed by atoms with E-state index >= 15 is 0 Å². The summed E-state index contributed by atoms with van der Waals surface area (Å²) in [4.78, 5) is 12.9. The fourth-order valence-electron chi connectivity index (χ4n) is 3.02. The van der Waals surface area contributed by atoms with Gasteiger partial charge in [-0.15, -0.1) is 0 Å². The van der Waals surface area contributed by atoms with E-state index in [1.165, 1.54) is 30.3 Å². The third-order valence-corrected chi connectivity index (χ3v) is 4.47. The largest absolute Gasteiger partial charge is 0.418 e. The predicted molar refractivity (Wildman–Crippen MR) is 101 cm³/mol. The van der Waals surface area contributed by atoms with Gasteiger partial charge in [0.1, 0.15) is 11.7 Å². The quantitative estimate of drug-likeness (QED) is 0.527. The zero-order valence-corrected chi connectivity index (χ0v) is 15.1. The van der Waals surface area contributed by atoms with Gasteiger partial charge in [-0.25, -0.2) is 4.39 Å². The number of anilines is 1. The van der Waals surface area contributed by atoms with E-state index in [0.717, 1.165) is 12.1 Å². The molecule has 3 N–H and O–H groups in total. The van der Waals surface area contributed by atoms with Gasteiger partial charge >= 0.3 is 6.18 Å². The third kappa shape index (κ3) is 4.14. The first-order valence-corrected chi connectivity index (χ1v) is 8.56. The van der Waals surface area contributed by atoms with Crippen molar-refractivity contribution in [2.45, 2.75) is 12.2 Å². The Morgan fingerprint density at radius 3 is 2.54 bits per heavy atom. The van der Waals surface area contributed by atoms with Crippen LogP contribution in [0.25, 0.3) is 0 Å². The number of hydrogen-bond acceptors (Lipinski definition) is 2. The van der Waals surface area contributed by atoms with E-state index < -0.39 is 35.4 Å². The van der Waals surface area contributed by atoms with Crippen molar-refractivity contribution in [2.75, 3.05) is 5.32 Å². The average Bonchev–Trinajstić information content (AvgIpc) is 2.60. The summed E-state index contributed by atoms with van der Waals surface area (Å²) in [7, 11) is 0. The SMILES string of the molecule is C=C1NC(=S)N[C@H](c2cccc(F)c2)[C@H]1C(=O)Nc1ccccc1C(F)(F)F. The van der Waals surface area contributed by atoms with Gasteiger partial charge in [-0.2, -0.15) is 13.2 Å². The predicted octanol–water partition coefficient (Wildman–Crippen LogP) is 4.13. The zero-order chi connectivity index (χ0) is 20.5. The molecule has 2 aromatic rings. The molecule has 3 rings (SSSR count). The monoisotopic (exact) mass is 409 g/mol. The molecule has 0 aliphatic carbocycles. The summed E-state index contributed by atoms with van der Waals surface area (Å²) in [5, 5.41) is 8.06. The highest BCUT2D eigenvalue weighted by molar-refractivity contribution is 7.80. The van der Waals surface area contributed by atoms with Crippen LogP contribution in [0.4, 0.5) is 23.2 Å². The number of carbonyl (C=O) groups is 1. The Morgan fingerprint density at radius 1 is 1.14 bits per heavy atom. The summed E-state index contributed by atoms with van der Waals surface area (Å²) in [6, 6.07) is 9.38. The molecule has 4 nitrogen and oxygen atoms in total. The second-order valence-electron chi connectivity index (χ2n) is 6.17. The second-order valence-corrected chi connectivity index (χ2v) is 6.57. The molecule has 1 aliphatic heterocycles. The average molecular weight is 409 g/mol. The Labute approximate surface area is 163 Å². The summed E-state index contributed by atoms with van der Waals surface area (Å²) in [5.74, 6) is -2.29. The van der Waals surface area contributed by atoms with Crippen LogP contribution in [-0.2, 0) is 11.0 Å². The van der Waals surface area contributed by atoms with Gasteiger partial charge in [0.2, 0.25) is 5.91 Å². The molecule has 1 aliphatic rings. The number of rotatable bonds is 3. The van der Waals surface area contributed by atoms with Gasteiger partial charge in [-0.1, -0.05) is 30.8 Å². The first-order valence-electron chi connectivity index (χ1n) is 8.15. The van der Waals surface area contributed by atoms with Crippen molar-refractivity contribution < 1.29 is 22.4 Å². The van der Waals surface area contributed by atoms with Crippen LogP contribution in [0.3, 0.4) is 0 Å². The second kappa shape index (κ2) is 7.59. The highest BCUT2D eigenvalue weighted by atomic mass is 32.1. The van der Waals surface area contributed by atoms with Crippen molar-refractivity contribution in [3.8, 4) is 0 Å². The van der Waals surface area contributed by atoms with E-state index in [4.69, 9.17) is 12.2 Å². The first-order chi connectivity index (χ1) is 13.2. The Balaban J connectivity index is 1.94. The molecular weight excluding hydrogens is 394 g/mol. The number of alkyl halides is 3. The maximum absolute atomic E-state index is 13.7. The van der Waals surface area contributed by atoms with Crippen molar-refractivity contribution in [1.29, 1.82) is 0 Å². The summed E-state index contributed by atoms with van der Waals surface area (Å²) in [6.07, 6.45) is -4.63. The summed E-state index contributed by atoms with van der Waals surface area (Å²) >= 11 is 5.07. The Kier molecular flexibility index (Phi) is 5.37. The Bertz CT molecular complexity index is 945. The minimum absolute atomic E-state index is 0.180. The standard InChI is InChI=1S/C19H15F4N3OS/c1-10-15(16(26-18(28)24-10)11-5-4-6-12(20)9-11)17(27)25-14-8-3-2-7-13(14)19(21,22)23/h2-9,15-16H,1H2,(H,25,27)(H2,24,26,28)/t15-,16+/m0/s1. The fraction of sp³-hybridized carbons (Fsp3) is 0.158. The third-order valence-electron chi connectivity index (χ3n) is 4.25. The maximum atomic E-state index is 13.7. The van der Waals surface area contributed by atoms with E-state index in [2.05, 4.69) is 22.5 Å². The Morgan fingerprint density at radius 2 is 1.86 bits per heavy atom. The number of thiocarbonyl (C=S) groups is 1. The van der Waals surface area contributed by atoms with Crippen LogP contribution in [0.1, 0.15) is 17.2 Å². The molecular formula is C19H15F4N3OS. The van der Waals surface area contributed by atoms with E-state index in [9.17, 15) is 22.4 Å². The lowest BCUT2D eigenvalue weighted by atomic mass is 9.88. The number of carbonyl (C=O) groups excluding carboxylic acids is 1. The number of benzene rings is 2. The lowest BCUT2D eigenvalue weighted by molar-refractivity contribution is -0.137. The zero-order valence-electron chi connectivity index (χ0n) is 14.3. The van der Waals surface area contributed by atoms with Gasteiger partial charge in [0.05, 0.1) is 17.3 Å². The number of para-hydroxylation sites is 1. The van der Waals surface area contributed by atoms with Crippen LogP contribution in [0, 0.1) is 11.7 Å². The lowest BCUT2D eigenvalue weighted by Gasteiger charge is -2.35. The highest BCUT2D eigenvalue weighted by Crippen LogP contribution is 2.36. The van der Waals surface area contributed by atoms with Crippen molar-refractivity contribution >= 4 is 28.9 Å². The van der Waals surface area contributed by atoms with E-state index in [1.54, 1.807) is 6.07 Å². The molecule has 1 heterocycles. The van der Waals surface area contributed by atoms with Crippen molar-refractivity contribution in [1.82, 2.24) is 10.6 Å². The molecule has 0 saturated carbocycles. The molecule has 146 valence electrons. The van der Waals surface area contributed by atoms with Crippen LogP contribution in [0.15, 0.2) is 60.8 Å². The normalized spacial score (nSPS) is 19.6. The van der Waals surface area contributed by atoms with Crippen LogP contribution < -0.4 is 16.0 Å². The fourth-order valence-corrected chi connectivity index (χ4v) is 3.28. The molecule has 0 spiro atoms. The summed E-state index contributed by atoms with van der Waals surface area (Å²) in [5.41, 5.74) is -0.739. The molecule has 1 amide bonds. The smallest absolute Gasteiger partial charge is 0.354 e. The number of halogens is 4. The Hall–Kier alpha value is -2.94. The molecule has 0 unspecified atom stereocenters. The van der Waals surface area contributed by atoms with Crippen LogP contribution >= 0.6 is 12.2 Å². The number of nitrogens with one attached hydrogen (secondary N) is 3. The van der Waals surface area contributed by atoms with Crippen LogP contribution in [-0.4, -0.2) is 11.0 Å². The lowest BCUT2D eigenvalue weighted by Crippen LogP contribution is -2.51. The van der Waals surface area contributed by atoms with Crippen molar-refractivity contribution in [2.24, 2.45) is 5.92 Å². The van der Waals surface area contributed by atoms with Crippen LogP contribution in [0.2, 0.25) is 0 Å². The number of hydrogen-bond donors (Lipinski definition) is 3. The molecule has 9 heteroatoms. The molecule has 0 radical (unpaired) electrons. The van der Waals surface area contributed by atoms with Gasteiger partial charge in [0.15, 0.2) is 5.11 Å². The van der Waals surface area contributed by atoms with E-state index in [-0.39, 0.29) is 16.5 Å². The van der Waals surface area contributed by atoms with Crippen LogP contribution in [0.5, 0.6) is 0 Å². The van der Waals surface area contributed by atoms with Gasteiger partial charge in [-0.3, -0.25) is 4.79 Å². The molecule has 1 fully saturated rings.